The van der Waals surface area contributed by atoms with Gasteiger partial charge in [-0.05, 0) is 62.4 Å². The highest BCUT2D eigenvalue weighted by Gasteiger charge is 2.09. The molecule has 4 N–H and O–H groups in total. The zero-order chi connectivity index (χ0) is 25.9. The van der Waals surface area contributed by atoms with E-state index in [1.165, 1.54) is 6.08 Å². The van der Waals surface area contributed by atoms with Crippen molar-refractivity contribution in [2.24, 2.45) is 0 Å². The number of nitrogens with zero attached hydrogens (tertiary/aromatic N) is 2. The van der Waals surface area contributed by atoms with E-state index in [2.05, 4.69) is 37.8 Å². The summed E-state index contributed by atoms with van der Waals surface area (Å²) >= 11 is 6.79. The van der Waals surface area contributed by atoms with Gasteiger partial charge in [0.15, 0.2) is 11.6 Å². The zero-order valence-corrected chi connectivity index (χ0v) is 21.5. The number of aromatic nitrogens is 2. The monoisotopic (exact) mass is 526 g/mol. The molecule has 3 aromatic rings. The molecule has 36 heavy (non-hydrogen) atoms. The summed E-state index contributed by atoms with van der Waals surface area (Å²) in [6, 6.07) is 14.4. The minimum absolute atomic E-state index is 0.0120. The predicted octanol–water partition coefficient (Wildman–Crippen LogP) is 5.62. The van der Waals surface area contributed by atoms with Crippen LogP contribution in [0.15, 0.2) is 67.4 Å². The topological polar surface area (TPSA) is 100 Å². The quantitative estimate of drug-likeness (QED) is 0.144. The molecular weight excluding hydrogens is 499 g/mol. The number of anilines is 5. The summed E-state index contributed by atoms with van der Waals surface area (Å²) in [7, 11) is 0. The predicted molar refractivity (Wildman–Crippen MR) is 149 cm³/mol. The van der Waals surface area contributed by atoms with Gasteiger partial charge in [-0.25, -0.2) is 9.37 Å². The Morgan fingerprint density at radius 2 is 1.92 bits per heavy atom. The first-order valence-corrected chi connectivity index (χ1v) is 12.5. The molecule has 0 unspecified atom stereocenters. The Labute approximate surface area is 219 Å². The third-order valence-electron chi connectivity index (χ3n) is 4.42. The van der Waals surface area contributed by atoms with Crippen LogP contribution in [0.4, 0.5) is 33.2 Å². The number of nitrogens with one attached hydrogen (secondary N) is 4. The van der Waals surface area contributed by atoms with Crippen molar-refractivity contribution in [3.8, 4) is 5.75 Å². The molecule has 0 spiro atoms. The van der Waals surface area contributed by atoms with E-state index in [1.807, 2.05) is 38.1 Å². The Kier molecular flexibility index (Phi) is 10.0. The minimum atomic E-state index is -0.620. The maximum atomic E-state index is 14.3. The lowest BCUT2D eigenvalue weighted by atomic mass is 10.2. The van der Waals surface area contributed by atoms with E-state index < -0.39 is 5.82 Å². The van der Waals surface area contributed by atoms with Crippen molar-refractivity contribution in [2.45, 2.75) is 19.9 Å². The van der Waals surface area contributed by atoms with Crippen molar-refractivity contribution in [3.05, 3.63) is 73.2 Å². The molecule has 0 saturated heterocycles. The molecule has 1 amide bonds. The van der Waals surface area contributed by atoms with Gasteiger partial charge in [0.1, 0.15) is 10.1 Å². The Morgan fingerprint density at radius 3 is 2.64 bits per heavy atom. The summed E-state index contributed by atoms with van der Waals surface area (Å²) in [4.78, 5) is 19.7. The molecule has 11 heteroatoms. The summed E-state index contributed by atoms with van der Waals surface area (Å²) in [6.45, 7) is 8.02. The van der Waals surface area contributed by atoms with Crippen molar-refractivity contribution >= 4 is 63.0 Å². The van der Waals surface area contributed by atoms with Gasteiger partial charge in [0.25, 0.3) is 0 Å². The zero-order valence-electron chi connectivity index (χ0n) is 19.9. The van der Waals surface area contributed by atoms with Gasteiger partial charge in [-0.3, -0.25) is 4.79 Å². The number of carbonyl (C=O) groups is 1. The molecule has 8 nitrogen and oxygen atoms in total. The molecule has 1 heterocycles. The molecule has 0 bridgehead atoms. The number of benzene rings is 2. The van der Waals surface area contributed by atoms with Crippen LogP contribution in [0.3, 0.4) is 0 Å². The number of thiocarbonyl (C=S) groups is 1. The summed E-state index contributed by atoms with van der Waals surface area (Å²) in [5, 5.41) is 11.8. The first-order valence-electron chi connectivity index (χ1n) is 11.1. The highest BCUT2D eigenvalue weighted by Crippen LogP contribution is 2.23. The van der Waals surface area contributed by atoms with Gasteiger partial charge in [-0.2, -0.15) is 4.98 Å². The average molecular weight is 527 g/mol. The third kappa shape index (κ3) is 8.82. The van der Waals surface area contributed by atoms with Crippen LogP contribution in [0.2, 0.25) is 0 Å². The smallest absolute Gasteiger partial charge is 0.247 e. The van der Waals surface area contributed by atoms with Crippen LogP contribution in [0.25, 0.3) is 0 Å². The number of thioether (sulfide) groups is 1. The molecule has 188 valence electrons. The van der Waals surface area contributed by atoms with Crippen molar-refractivity contribution in [3.63, 3.8) is 0 Å². The molecule has 0 radical (unpaired) electrons. The van der Waals surface area contributed by atoms with Crippen LogP contribution in [0, 0.1) is 5.82 Å². The molecule has 0 saturated carbocycles. The van der Waals surface area contributed by atoms with Crippen molar-refractivity contribution in [1.82, 2.24) is 15.3 Å². The van der Waals surface area contributed by atoms with Crippen LogP contribution in [-0.4, -0.2) is 38.6 Å². The highest BCUT2D eigenvalue weighted by molar-refractivity contribution is 8.22. The van der Waals surface area contributed by atoms with Gasteiger partial charge in [-0.1, -0.05) is 36.6 Å². The van der Waals surface area contributed by atoms with E-state index in [-0.39, 0.29) is 17.7 Å². The number of hydrogen-bond donors (Lipinski definition) is 4. The lowest BCUT2D eigenvalue weighted by molar-refractivity contribution is -0.111. The van der Waals surface area contributed by atoms with Gasteiger partial charge in [0.2, 0.25) is 11.9 Å². The summed E-state index contributed by atoms with van der Waals surface area (Å²) < 4.78 is 20.9. The first-order chi connectivity index (χ1) is 17.3. The standard InChI is InChI=1S/C25H27FN6O2S2/c1-4-22(33)29-18-6-5-7-19(14-18)30-23-21(26)15-27-24(32-23)31-17-8-10-20(11-9-17)34-12-13-36-25(35)28-16(2)3/h4-11,14-16H,1,12-13H2,2-3H3,(H,28,35)(H,29,33)(H2,27,30,31,32). The van der Waals surface area contributed by atoms with E-state index in [9.17, 15) is 9.18 Å². The fourth-order valence-electron chi connectivity index (χ4n) is 2.85. The third-order valence-corrected chi connectivity index (χ3v) is 5.65. The number of ether oxygens (including phenoxy) is 1. The van der Waals surface area contributed by atoms with E-state index in [0.717, 1.165) is 22.0 Å². The Bertz CT molecular complexity index is 1210. The first kappa shape index (κ1) is 26.9. The molecular formula is C25H27FN6O2S2. The van der Waals surface area contributed by atoms with Crippen LogP contribution in [0.5, 0.6) is 5.75 Å². The normalized spacial score (nSPS) is 10.4. The molecule has 2 aromatic carbocycles. The van der Waals surface area contributed by atoms with E-state index in [4.69, 9.17) is 17.0 Å². The number of amides is 1. The largest absolute Gasteiger partial charge is 0.493 e. The van der Waals surface area contributed by atoms with Crippen LogP contribution in [0.1, 0.15) is 13.8 Å². The lowest BCUT2D eigenvalue weighted by Crippen LogP contribution is -2.26. The second kappa shape index (κ2) is 13.4. The lowest BCUT2D eigenvalue weighted by Gasteiger charge is -2.12. The summed E-state index contributed by atoms with van der Waals surface area (Å²) in [6.07, 6.45) is 2.25. The van der Waals surface area contributed by atoms with Crippen molar-refractivity contribution < 1.29 is 13.9 Å². The molecule has 1 aromatic heterocycles. The van der Waals surface area contributed by atoms with E-state index >= 15 is 0 Å². The Morgan fingerprint density at radius 1 is 1.17 bits per heavy atom. The number of rotatable bonds is 11. The Balaban J connectivity index is 1.56. The van der Waals surface area contributed by atoms with E-state index in [1.54, 1.807) is 36.0 Å². The van der Waals surface area contributed by atoms with Crippen LogP contribution >= 0.6 is 24.0 Å². The summed E-state index contributed by atoms with van der Waals surface area (Å²) in [5.74, 6) is 0.695. The van der Waals surface area contributed by atoms with Gasteiger partial charge in [0, 0.05) is 28.9 Å². The average Bonchev–Trinajstić information content (AvgIpc) is 2.84. The molecule has 0 aliphatic rings. The molecule has 0 aliphatic carbocycles. The summed E-state index contributed by atoms with van der Waals surface area (Å²) in [5.41, 5.74) is 1.79. The second-order valence-corrected chi connectivity index (χ2v) is 9.49. The SMILES string of the molecule is C=CC(=O)Nc1cccc(Nc2nc(Nc3ccc(OCCSC(=S)NC(C)C)cc3)ncc2F)c1. The molecule has 3 rings (SSSR count). The number of halogens is 1. The molecule has 0 aliphatic heterocycles. The molecule has 0 atom stereocenters. The fraction of sp³-hybridized carbons (Fsp3) is 0.200. The minimum Gasteiger partial charge on any atom is -0.493 e. The maximum Gasteiger partial charge on any atom is 0.247 e. The van der Waals surface area contributed by atoms with Crippen molar-refractivity contribution in [2.75, 3.05) is 28.3 Å². The Hall–Kier alpha value is -3.70. The van der Waals surface area contributed by atoms with Gasteiger partial charge in [-0.15, -0.1) is 0 Å². The van der Waals surface area contributed by atoms with Crippen molar-refractivity contribution in [1.29, 1.82) is 0 Å². The fourth-order valence-corrected chi connectivity index (χ4v) is 4.01. The van der Waals surface area contributed by atoms with Crippen LogP contribution in [-0.2, 0) is 4.79 Å². The van der Waals surface area contributed by atoms with Crippen LogP contribution < -0.4 is 26.0 Å². The maximum absolute atomic E-state index is 14.3. The molecule has 0 fully saturated rings. The number of carbonyl (C=O) groups excluding carboxylic acids is 1. The highest BCUT2D eigenvalue weighted by atomic mass is 32.2. The van der Waals surface area contributed by atoms with Gasteiger partial charge >= 0.3 is 0 Å². The van der Waals surface area contributed by atoms with E-state index in [0.29, 0.717) is 29.7 Å². The van der Waals surface area contributed by atoms with Gasteiger partial charge in [0.05, 0.1) is 12.8 Å². The van der Waals surface area contributed by atoms with Gasteiger partial charge < -0.3 is 26.0 Å². The second-order valence-electron chi connectivity index (χ2n) is 7.72. The number of hydrogen-bond acceptors (Lipinski definition) is 8.